The predicted molar refractivity (Wildman–Crippen MR) is 65.2 cm³/mol. The third kappa shape index (κ3) is 2.25. The van der Waals surface area contributed by atoms with E-state index in [2.05, 4.69) is 12.2 Å². The van der Waals surface area contributed by atoms with E-state index in [4.69, 9.17) is 5.73 Å². The van der Waals surface area contributed by atoms with E-state index in [-0.39, 0.29) is 17.1 Å². The van der Waals surface area contributed by atoms with Crippen molar-refractivity contribution in [3.05, 3.63) is 29.6 Å². The van der Waals surface area contributed by atoms with E-state index < -0.39 is 5.82 Å². The average molecular weight is 236 g/mol. The maximum absolute atomic E-state index is 13.0. The number of benzene rings is 1. The molecule has 3 N–H and O–H groups in total. The molecule has 0 atom stereocenters. The van der Waals surface area contributed by atoms with Crippen molar-refractivity contribution in [2.24, 2.45) is 0 Å². The molecule has 4 heteroatoms. The molecule has 0 aliphatic heterocycles. The molecular formula is C13H17FN2O. The second-order valence-electron chi connectivity index (χ2n) is 4.68. The maximum Gasteiger partial charge on any atom is 0.251 e. The number of rotatable bonds is 3. The molecule has 2 rings (SSSR count). The molecule has 92 valence electrons. The lowest BCUT2D eigenvalue weighted by Gasteiger charge is -2.42. The Hall–Kier alpha value is -1.58. The number of hydrogen-bond acceptors (Lipinski definition) is 2. The van der Waals surface area contributed by atoms with Gasteiger partial charge in [-0.1, -0.05) is 6.92 Å². The number of nitrogen functional groups attached to an aromatic ring is 1. The summed E-state index contributed by atoms with van der Waals surface area (Å²) in [5, 5.41) is 3.03. The Balaban J connectivity index is 2.11. The Morgan fingerprint density at radius 1 is 1.53 bits per heavy atom. The highest BCUT2D eigenvalue weighted by Crippen LogP contribution is 2.34. The van der Waals surface area contributed by atoms with Gasteiger partial charge < -0.3 is 11.1 Å². The van der Waals surface area contributed by atoms with Crippen molar-refractivity contribution in [2.45, 2.75) is 38.1 Å². The molecule has 1 saturated carbocycles. The molecule has 0 radical (unpaired) electrons. The van der Waals surface area contributed by atoms with Gasteiger partial charge in [0, 0.05) is 11.1 Å². The van der Waals surface area contributed by atoms with Crippen molar-refractivity contribution in [1.82, 2.24) is 5.32 Å². The minimum atomic E-state index is -0.490. The summed E-state index contributed by atoms with van der Waals surface area (Å²) in [6.07, 6.45) is 4.12. The van der Waals surface area contributed by atoms with Gasteiger partial charge in [-0.2, -0.15) is 0 Å². The normalized spacial score (nSPS) is 17.3. The number of hydrogen-bond donors (Lipinski definition) is 2. The predicted octanol–water partition coefficient (Wildman–Crippen LogP) is 2.47. The lowest BCUT2D eigenvalue weighted by atomic mass is 9.74. The first-order valence-corrected chi connectivity index (χ1v) is 5.94. The van der Waals surface area contributed by atoms with E-state index >= 15 is 0 Å². The molecule has 1 aliphatic rings. The van der Waals surface area contributed by atoms with Crippen molar-refractivity contribution >= 4 is 11.6 Å². The third-order valence-electron chi connectivity index (χ3n) is 3.62. The van der Waals surface area contributed by atoms with Gasteiger partial charge in [0.2, 0.25) is 0 Å². The Bertz CT molecular complexity index is 436. The molecule has 0 bridgehead atoms. The maximum atomic E-state index is 13.0. The van der Waals surface area contributed by atoms with Crippen LogP contribution in [0.25, 0.3) is 0 Å². The summed E-state index contributed by atoms with van der Waals surface area (Å²) >= 11 is 0. The minimum Gasteiger partial charge on any atom is -0.396 e. The smallest absolute Gasteiger partial charge is 0.251 e. The first kappa shape index (κ1) is 11.9. The van der Waals surface area contributed by atoms with Gasteiger partial charge in [0.15, 0.2) is 0 Å². The molecule has 0 unspecified atom stereocenters. The molecule has 1 fully saturated rings. The molecule has 0 saturated heterocycles. The topological polar surface area (TPSA) is 55.1 Å². The zero-order chi connectivity index (χ0) is 12.5. The highest BCUT2D eigenvalue weighted by atomic mass is 19.1. The van der Waals surface area contributed by atoms with Gasteiger partial charge in [0.05, 0.1) is 5.69 Å². The highest BCUT2D eigenvalue weighted by Gasteiger charge is 2.36. The molecular weight excluding hydrogens is 219 g/mol. The number of anilines is 1. The van der Waals surface area contributed by atoms with Crippen molar-refractivity contribution < 1.29 is 9.18 Å². The molecule has 1 amide bonds. The van der Waals surface area contributed by atoms with Gasteiger partial charge in [0.25, 0.3) is 5.91 Å². The Labute approximate surface area is 100 Å². The molecule has 1 aliphatic carbocycles. The van der Waals surface area contributed by atoms with E-state index in [0.717, 1.165) is 25.7 Å². The standard InChI is InChI=1S/C13H17FN2O/c1-2-13(6-3-7-13)16-12(17)9-4-5-10(14)11(15)8-9/h4-5,8H,2-3,6-7,15H2,1H3,(H,16,17). The SMILES string of the molecule is CCC1(NC(=O)c2ccc(F)c(N)c2)CCC1. The summed E-state index contributed by atoms with van der Waals surface area (Å²) in [5.41, 5.74) is 5.82. The third-order valence-corrected chi connectivity index (χ3v) is 3.62. The molecule has 1 aromatic carbocycles. The zero-order valence-corrected chi connectivity index (χ0v) is 9.92. The summed E-state index contributed by atoms with van der Waals surface area (Å²) in [5.74, 6) is -0.659. The lowest BCUT2D eigenvalue weighted by Crippen LogP contribution is -2.52. The summed E-state index contributed by atoms with van der Waals surface area (Å²) in [4.78, 5) is 12.0. The van der Waals surface area contributed by atoms with Gasteiger partial charge in [-0.3, -0.25) is 4.79 Å². The number of nitrogens with one attached hydrogen (secondary N) is 1. The Morgan fingerprint density at radius 3 is 2.71 bits per heavy atom. The molecule has 0 heterocycles. The van der Waals surface area contributed by atoms with Crippen LogP contribution in [-0.2, 0) is 0 Å². The van der Waals surface area contributed by atoms with Crippen LogP contribution in [0.4, 0.5) is 10.1 Å². The van der Waals surface area contributed by atoms with Crippen LogP contribution in [0, 0.1) is 5.82 Å². The van der Waals surface area contributed by atoms with E-state index in [0.29, 0.717) is 5.56 Å². The number of halogens is 1. The summed E-state index contributed by atoms with van der Waals surface area (Å²) in [7, 11) is 0. The second-order valence-corrected chi connectivity index (χ2v) is 4.68. The Morgan fingerprint density at radius 2 is 2.24 bits per heavy atom. The van der Waals surface area contributed by atoms with Crippen LogP contribution in [0.15, 0.2) is 18.2 Å². The lowest BCUT2D eigenvalue weighted by molar-refractivity contribution is 0.0820. The highest BCUT2D eigenvalue weighted by molar-refractivity contribution is 5.95. The largest absolute Gasteiger partial charge is 0.396 e. The summed E-state index contributed by atoms with van der Waals surface area (Å²) < 4.78 is 13.0. The molecule has 0 aromatic heterocycles. The first-order chi connectivity index (χ1) is 8.06. The zero-order valence-electron chi connectivity index (χ0n) is 9.92. The van der Waals surface area contributed by atoms with E-state index in [1.165, 1.54) is 18.2 Å². The van der Waals surface area contributed by atoms with E-state index in [1.54, 1.807) is 0 Å². The summed E-state index contributed by atoms with van der Waals surface area (Å²) in [6.45, 7) is 2.07. The van der Waals surface area contributed by atoms with Crippen LogP contribution in [0.1, 0.15) is 43.0 Å². The number of amides is 1. The molecule has 3 nitrogen and oxygen atoms in total. The van der Waals surface area contributed by atoms with Crippen molar-refractivity contribution in [1.29, 1.82) is 0 Å². The van der Waals surface area contributed by atoms with Crippen molar-refractivity contribution in [3.8, 4) is 0 Å². The van der Waals surface area contributed by atoms with Crippen LogP contribution >= 0.6 is 0 Å². The average Bonchev–Trinajstić information content (AvgIpc) is 2.27. The monoisotopic (exact) mass is 236 g/mol. The molecule has 0 spiro atoms. The van der Waals surface area contributed by atoms with Gasteiger partial charge in [0.1, 0.15) is 5.82 Å². The molecule has 1 aromatic rings. The van der Waals surface area contributed by atoms with Crippen LogP contribution < -0.4 is 11.1 Å². The van der Waals surface area contributed by atoms with Gasteiger partial charge in [-0.25, -0.2) is 4.39 Å². The van der Waals surface area contributed by atoms with Crippen LogP contribution in [0.2, 0.25) is 0 Å². The fourth-order valence-corrected chi connectivity index (χ4v) is 2.17. The van der Waals surface area contributed by atoms with E-state index in [1.807, 2.05) is 0 Å². The van der Waals surface area contributed by atoms with Crippen molar-refractivity contribution in [3.63, 3.8) is 0 Å². The molecule has 17 heavy (non-hydrogen) atoms. The summed E-state index contributed by atoms with van der Waals surface area (Å²) in [6, 6.07) is 4.07. The Kier molecular flexibility index (Phi) is 3.05. The van der Waals surface area contributed by atoms with Crippen LogP contribution in [-0.4, -0.2) is 11.4 Å². The van der Waals surface area contributed by atoms with E-state index in [9.17, 15) is 9.18 Å². The van der Waals surface area contributed by atoms with Crippen LogP contribution in [0.3, 0.4) is 0 Å². The van der Waals surface area contributed by atoms with Gasteiger partial charge in [-0.05, 0) is 43.9 Å². The number of carbonyl (C=O) groups excluding carboxylic acids is 1. The van der Waals surface area contributed by atoms with Gasteiger partial charge >= 0.3 is 0 Å². The van der Waals surface area contributed by atoms with Gasteiger partial charge in [-0.15, -0.1) is 0 Å². The quantitative estimate of drug-likeness (QED) is 0.792. The minimum absolute atomic E-state index is 0.0109. The second kappa shape index (κ2) is 4.35. The van der Waals surface area contributed by atoms with Crippen LogP contribution in [0.5, 0.6) is 0 Å². The fourth-order valence-electron chi connectivity index (χ4n) is 2.17. The first-order valence-electron chi connectivity index (χ1n) is 5.94. The number of carbonyl (C=O) groups is 1. The number of nitrogens with two attached hydrogens (primary N) is 1. The fraction of sp³-hybridized carbons (Fsp3) is 0.462. The van der Waals surface area contributed by atoms with Crippen molar-refractivity contribution in [2.75, 3.05) is 5.73 Å².